The maximum Gasteiger partial charge on any atom is 0.230 e. The molecule has 0 saturated carbocycles. The Hall–Kier alpha value is -1.21. The Morgan fingerprint density at radius 3 is 2.86 bits per heavy atom. The highest BCUT2D eigenvalue weighted by Crippen LogP contribution is 2.24. The average Bonchev–Trinajstić information content (AvgIpc) is 2.82. The molecule has 1 atom stereocenters. The lowest BCUT2D eigenvalue weighted by Crippen LogP contribution is -2.26. The molecule has 1 saturated heterocycles. The van der Waals surface area contributed by atoms with Crippen LogP contribution in [0.25, 0.3) is 0 Å². The van der Waals surface area contributed by atoms with Gasteiger partial charge in [0.05, 0.1) is 24.4 Å². The second-order valence-electron chi connectivity index (χ2n) is 4.92. The second kappa shape index (κ2) is 7.17. The van der Waals surface area contributed by atoms with E-state index in [1.54, 1.807) is 7.11 Å². The van der Waals surface area contributed by atoms with Crippen LogP contribution in [0, 0.1) is 0 Å². The van der Waals surface area contributed by atoms with E-state index in [2.05, 4.69) is 5.32 Å². The SMILES string of the molecule is COc1ccccc1CNC(=O)CS[C@H]1CCS(=O)(=O)C1. The number of methoxy groups -OCH3 is 1. The summed E-state index contributed by atoms with van der Waals surface area (Å²) in [7, 11) is -1.28. The Balaban J connectivity index is 1.75. The van der Waals surface area contributed by atoms with Gasteiger partial charge in [-0.2, -0.15) is 0 Å². The van der Waals surface area contributed by atoms with Crippen molar-refractivity contribution in [2.45, 2.75) is 18.2 Å². The van der Waals surface area contributed by atoms with Crippen LogP contribution in [0.15, 0.2) is 24.3 Å². The fourth-order valence-electron chi connectivity index (χ4n) is 2.18. The number of benzene rings is 1. The molecule has 116 valence electrons. The molecule has 1 aliphatic rings. The number of hydrogen-bond donors (Lipinski definition) is 1. The van der Waals surface area contributed by atoms with Crippen LogP contribution in [0.1, 0.15) is 12.0 Å². The van der Waals surface area contributed by atoms with Crippen LogP contribution in [0.5, 0.6) is 5.75 Å². The minimum absolute atomic E-state index is 0.0482. The molecule has 0 radical (unpaired) electrons. The number of nitrogens with one attached hydrogen (secondary N) is 1. The van der Waals surface area contributed by atoms with Gasteiger partial charge in [0.15, 0.2) is 9.84 Å². The zero-order valence-corrected chi connectivity index (χ0v) is 13.5. The smallest absolute Gasteiger partial charge is 0.230 e. The Bertz CT molecular complexity index is 601. The van der Waals surface area contributed by atoms with Crippen molar-refractivity contribution in [1.29, 1.82) is 0 Å². The molecule has 1 aromatic rings. The minimum atomic E-state index is -2.88. The topological polar surface area (TPSA) is 72.5 Å². The van der Waals surface area contributed by atoms with Crippen molar-refractivity contribution in [2.24, 2.45) is 0 Å². The summed E-state index contributed by atoms with van der Waals surface area (Å²) in [6, 6.07) is 7.51. The maximum atomic E-state index is 11.8. The number of amides is 1. The number of sulfone groups is 1. The third-order valence-corrected chi connectivity index (χ3v) is 6.59. The summed E-state index contributed by atoms with van der Waals surface area (Å²) in [6.45, 7) is 0.409. The summed E-state index contributed by atoms with van der Waals surface area (Å²) in [5.74, 6) is 1.38. The molecule has 1 fully saturated rings. The third kappa shape index (κ3) is 4.93. The number of rotatable bonds is 6. The molecule has 21 heavy (non-hydrogen) atoms. The van der Waals surface area contributed by atoms with Crippen molar-refractivity contribution >= 4 is 27.5 Å². The van der Waals surface area contributed by atoms with Gasteiger partial charge >= 0.3 is 0 Å². The predicted octanol–water partition coefficient (Wildman–Crippen LogP) is 1.23. The summed E-state index contributed by atoms with van der Waals surface area (Å²) in [5, 5.41) is 2.88. The van der Waals surface area contributed by atoms with Crippen LogP contribution >= 0.6 is 11.8 Å². The molecule has 1 aromatic carbocycles. The molecule has 1 amide bonds. The fourth-order valence-corrected chi connectivity index (χ4v) is 5.65. The van der Waals surface area contributed by atoms with Gasteiger partial charge in [0.25, 0.3) is 0 Å². The number of carbonyl (C=O) groups is 1. The molecule has 1 heterocycles. The third-order valence-electron chi connectivity index (χ3n) is 3.31. The quantitative estimate of drug-likeness (QED) is 0.850. The Morgan fingerprint density at radius 2 is 2.19 bits per heavy atom. The highest BCUT2D eigenvalue weighted by Gasteiger charge is 2.28. The monoisotopic (exact) mass is 329 g/mol. The van der Waals surface area contributed by atoms with E-state index in [0.717, 1.165) is 11.3 Å². The summed E-state index contributed by atoms with van der Waals surface area (Å²) in [5.41, 5.74) is 0.918. The van der Waals surface area contributed by atoms with E-state index in [4.69, 9.17) is 4.74 Å². The maximum absolute atomic E-state index is 11.8. The van der Waals surface area contributed by atoms with E-state index in [0.29, 0.717) is 13.0 Å². The standard InChI is InChI=1S/C14H19NO4S2/c1-19-13-5-3-2-4-11(13)8-15-14(16)9-20-12-6-7-21(17,18)10-12/h2-5,12H,6-10H2,1H3,(H,15,16)/t12-/m0/s1. The minimum Gasteiger partial charge on any atom is -0.496 e. The van der Waals surface area contributed by atoms with Crippen molar-refractivity contribution < 1.29 is 17.9 Å². The Labute approximate surface area is 129 Å². The van der Waals surface area contributed by atoms with E-state index in [1.165, 1.54) is 11.8 Å². The number of para-hydroxylation sites is 1. The van der Waals surface area contributed by atoms with Crippen molar-refractivity contribution in [3.8, 4) is 5.75 Å². The average molecular weight is 329 g/mol. The first-order valence-electron chi connectivity index (χ1n) is 6.71. The molecule has 1 N–H and O–H groups in total. The molecule has 0 bridgehead atoms. The lowest BCUT2D eigenvalue weighted by molar-refractivity contribution is -0.118. The van der Waals surface area contributed by atoms with Gasteiger partial charge in [-0.1, -0.05) is 18.2 Å². The van der Waals surface area contributed by atoms with E-state index in [-0.39, 0.29) is 28.4 Å². The lowest BCUT2D eigenvalue weighted by Gasteiger charge is -2.10. The van der Waals surface area contributed by atoms with Gasteiger partial charge in [0, 0.05) is 17.4 Å². The number of thioether (sulfide) groups is 1. The van der Waals surface area contributed by atoms with Crippen LogP contribution in [0.2, 0.25) is 0 Å². The van der Waals surface area contributed by atoms with Crippen LogP contribution in [-0.4, -0.2) is 43.9 Å². The highest BCUT2D eigenvalue weighted by atomic mass is 32.2. The van der Waals surface area contributed by atoms with Gasteiger partial charge in [-0.3, -0.25) is 4.79 Å². The molecule has 0 unspecified atom stereocenters. The van der Waals surface area contributed by atoms with Crippen LogP contribution in [0.3, 0.4) is 0 Å². The molecule has 5 nitrogen and oxygen atoms in total. The summed E-state index contributed by atoms with van der Waals surface area (Å²) in [6.07, 6.45) is 0.646. The van der Waals surface area contributed by atoms with Crippen molar-refractivity contribution in [2.75, 3.05) is 24.4 Å². The molecular formula is C14H19NO4S2. The van der Waals surface area contributed by atoms with Gasteiger partial charge in [-0.15, -0.1) is 11.8 Å². The largest absolute Gasteiger partial charge is 0.496 e. The Morgan fingerprint density at radius 1 is 1.43 bits per heavy atom. The predicted molar refractivity (Wildman–Crippen MR) is 84.4 cm³/mol. The molecular weight excluding hydrogens is 310 g/mol. The van der Waals surface area contributed by atoms with E-state index < -0.39 is 9.84 Å². The number of ether oxygens (including phenoxy) is 1. The molecule has 0 aromatic heterocycles. The first kappa shape index (κ1) is 16.2. The van der Waals surface area contributed by atoms with Crippen LogP contribution < -0.4 is 10.1 Å². The van der Waals surface area contributed by atoms with E-state index in [1.807, 2.05) is 24.3 Å². The lowest BCUT2D eigenvalue weighted by atomic mass is 10.2. The zero-order valence-electron chi connectivity index (χ0n) is 11.9. The van der Waals surface area contributed by atoms with Crippen LogP contribution in [0.4, 0.5) is 0 Å². The first-order valence-corrected chi connectivity index (χ1v) is 9.58. The summed E-state index contributed by atoms with van der Waals surface area (Å²) < 4.78 is 27.9. The van der Waals surface area contributed by atoms with E-state index >= 15 is 0 Å². The van der Waals surface area contributed by atoms with E-state index in [9.17, 15) is 13.2 Å². The zero-order chi connectivity index (χ0) is 15.3. The van der Waals surface area contributed by atoms with Gasteiger partial charge < -0.3 is 10.1 Å². The Kier molecular flexibility index (Phi) is 5.52. The number of carbonyl (C=O) groups excluding carboxylic acids is 1. The molecule has 0 spiro atoms. The normalized spacial score (nSPS) is 20.1. The highest BCUT2D eigenvalue weighted by molar-refractivity contribution is 8.02. The van der Waals surface area contributed by atoms with Crippen LogP contribution in [-0.2, 0) is 21.2 Å². The molecule has 2 rings (SSSR count). The van der Waals surface area contributed by atoms with Gasteiger partial charge in [-0.25, -0.2) is 8.42 Å². The van der Waals surface area contributed by atoms with Gasteiger partial charge in [0.1, 0.15) is 5.75 Å². The summed E-state index contributed by atoms with van der Waals surface area (Å²) in [4.78, 5) is 11.8. The first-order chi connectivity index (χ1) is 10.00. The second-order valence-corrected chi connectivity index (χ2v) is 8.44. The van der Waals surface area contributed by atoms with Gasteiger partial charge in [0.2, 0.25) is 5.91 Å². The fraction of sp³-hybridized carbons (Fsp3) is 0.500. The van der Waals surface area contributed by atoms with Crippen molar-refractivity contribution in [3.63, 3.8) is 0 Å². The van der Waals surface area contributed by atoms with Crippen molar-refractivity contribution in [3.05, 3.63) is 29.8 Å². The summed E-state index contributed by atoms with van der Waals surface area (Å²) >= 11 is 1.42. The molecule has 1 aliphatic heterocycles. The molecule has 7 heteroatoms. The molecule has 0 aliphatic carbocycles. The number of hydrogen-bond acceptors (Lipinski definition) is 5. The van der Waals surface area contributed by atoms with Gasteiger partial charge in [-0.05, 0) is 12.5 Å². The van der Waals surface area contributed by atoms with Crippen molar-refractivity contribution in [1.82, 2.24) is 5.32 Å².